The van der Waals surface area contributed by atoms with E-state index in [0.29, 0.717) is 18.2 Å². The highest BCUT2D eigenvalue weighted by Gasteiger charge is 2.22. The molecule has 1 aromatic heterocycles. The number of nitrogens with one attached hydrogen (secondary N) is 2. The summed E-state index contributed by atoms with van der Waals surface area (Å²) in [5, 5.41) is 0. The van der Waals surface area contributed by atoms with E-state index >= 15 is 0 Å². The highest BCUT2D eigenvalue weighted by Crippen LogP contribution is 2.27. The zero-order valence-corrected chi connectivity index (χ0v) is 17.8. The molecule has 160 valence electrons. The van der Waals surface area contributed by atoms with Gasteiger partial charge in [-0.15, -0.1) is 0 Å². The minimum Gasteiger partial charge on any atom is -0.493 e. The Balaban J connectivity index is 1.28. The van der Waals surface area contributed by atoms with Crippen molar-refractivity contribution in [2.24, 2.45) is 11.8 Å². The number of H-pyrrole nitrogens is 1. The van der Waals surface area contributed by atoms with Gasteiger partial charge in [0.15, 0.2) is 5.69 Å². The molecular weight excluding hydrogens is 374 g/mol. The van der Waals surface area contributed by atoms with E-state index in [-0.39, 0.29) is 5.56 Å². The molecule has 4 rings (SSSR count). The van der Waals surface area contributed by atoms with E-state index in [4.69, 9.17) is 4.74 Å². The van der Waals surface area contributed by atoms with Crippen LogP contribution in [0.3, 0.4) is 0 Å². The highest BCUT2D eigenvalue weighted by molar-refractivity contribution is 5.57. The molecule has 0 atom stereocenters. The minimum absolute atomic E-state index is 0.0585. The summed E-state index contributed by atoms with van der Waals surface area (Å²) < 4.78 is 6.22. The molecule has 1 aromatic carbocycles. The van der Waals surface area contributed by atoms with E-state index in [2.05, 4.69) is 46.4 Å². The van der Waals surface area contributed by atoms with Crippen LogP contribution >= 0.6 is 0 Å². The number of ether oxygens (including phenoxy) is 1. The van der Waals surface area contributed by atoms with Gasteiger partial charge in [-0.1, -0.05) is 49.6 Å². The van der Waals surface area contributed by atoms with Crippen LogP contribution in [-0.4, -0.2) is 29.7 Å². The van der Waals surface area contributed by atoms with E-state index in [9.17, 15) is 4.79 Å². The Bertz CT molecular complexity index is 878. The maximum absolute atomic E-state index is 11.8. The standard InChI is InChI=1S/C25H33N3O2/c29-25-23(26-14-15-27-25)18-28-16-12-20(13-17-28)10-11-22-8-4-5-9-24(22)30-19-21-6-2-1-3-7-21/h4-5,8-11,14-15,20-21H,1-3,6-7,12-13,16-19H2,(H,27,29)/p+1. The van der Waals surface area contributed by atoms with E-state index in [0.717, 1.165) is 44.2 Å². The second kappa shape index (κ2) is 10.6. The van der Waals surface area contributed by atoms with Crippen molar-refractivity contribution in [1.82, 2.24) is 9.97 Å². The molecule has 1 saturated carbocycles. The maximum Gasteiger partial charge on any atom is 0.275 e. The average molecular weight is 409 g/mol. The lowest BCUT2D eigenvalue weighted by Gasteiger charge is -2.27. The van der Waals surface area contributed by atoms with Gasteiger partial charge < -0.3 is 14.6 Å². The molecule has 1 aliphatic heterocycles. The molecule has 0 radical (unpaired) electrons. The van der Waals surface area contributed by atoms with E-state index in [1.165, 1.54) is 42.6 Å². The molecule has 30 heavy (non-hydrogen) atoms. The van der Waals surface area contributed by atoms with Crippen LogP contribution in [-0.2, 0) is 6.54 Å². The van der Waals surface area contributed by atoms with E-state index in [1.807, 2.05) is 0 Å². The predicted molar refractivity (Wildman–Crippen MR) is 120 cm³/mol. The summed E-state index contributed by atoms with van der Waals surface area (Å²) in [7, 11) is 0. The summed E-state index contributed by atoms with van der Waals surface area (Å²) in [5.74, 6) is 2.31. The molecule has 1 saturated heterocycles. The normalized spacial score (nSPS) is 22.9. The zero-order valence-electron chi connectivity index (χ0n) is 17.8. The molecule has 5 heteroatoms. The van der Waals surface area contributed by atoms with Crippen LogP contribution in [0.15, 0.2) is 47.5 Å². The van der Waals surface area contributed by atoms with Crippen LogP contribution < -0.4 is 15.2 Å². The lowest BCUT2D eigenvalue weighted by molar-refractivity contribution is -0.919. The lowest BCUT2D eigenvalue weighted by Crippen LogP contribution is -3.12. The fourth-order valence-electron chi connectivity index (χ4n) is 4.71. The highest BCUT2D eigenvalue weighted by atomic mass is 16.5. The van der Waals surface area contributed by atoms with Crippen LogP contribution in [0.2, 0.25) is 0 Å². The van der Waals surface area contributed by atoms with Crippen molar-refractivity contribution in [1.29, 1.82) is 0 Å². The van der Waals surface area contributed by atoms with Crippen molar-refractivity contribution in [3.8, 4) is 5.75 Å². The van der Waals surface area contributed by atoms with Crippen molar-refractivity contribution < 1.29 is 9.64 Å². The second-order valence-corrected chi connectivity index (χ2v) is 8.84. The van der Waals surface area contributed by atoms with Crippen LogP contribution in [0.5, 0.6) is 5.75 Å². The minimum atomic E-state index is -0.0585. The molecular formula is C25H34N3O2+. The molecule has 2 fully saturated rings. The average Bonchev–Trinajstić information content (AvgIpc) is 2.80. The maximum atomic E-state index is 11.8. The Kier molecular flexibility index (Phi) is 7.35. The SMILES string of the molecule is O=c1[nH]ccnc1C[NH+]1CCC(C=Cc2ccccc2OCC2CCCCC2)CC1. The predicted octanol–water partition coefficient (Wildman–Crippen LogP) is 3.24. The van der Waals surface area contributed by atoms with Crippen molar-refractivity contribution in [3.63, 3.8) is 0 Å². The summed E-state index contributed by atoms with van der Waals surface area (Å²) in [4.78, 5) is 20.2. The number of hydrogen-bond acceptors (Lipinski definition) is 3. The molecule has 2 heterocycles. The Hall–Kier alpha value is -2.40. The topological polar surface area (TPSA) is 59.4 Å². The van der Waals surface area contributed by atoms with Crippen molar-refractivity contribution >= 4 is 6.08 Å². The molecule has 0 amide bonds. The summed E-state index contributed by atoms with van der Waals surface area (Å²) in [6.07, 6.45) is 16.8. The van der Waals surface area contributed by atoms with Crippen LogP contribution in [0.1, 0.15) is 56.2 Å². The number of likely N-dealkylation sites (tertiary alicyclic amines) is 1. The fraction of sp³-hybridized carbons (Fsp3) is 0.520. The van der Waals surface area contributed by atoms with E-state index in [1.54, 1.807) is 12.4 Å². The van der Waals surface area contributed by atoms with Crippen LogP contribution in [0.4, 0.5) is 0 Å². The number of quaternary nitrogens is 1. The molecule has 0 unspecified atom stereocenters. The first-order valence-electron chi connectivity index (χ1n) is 11.5. The van der Waals surface area contributed by atoms with E-state index < -0.39 is 0 Å². The van der Waals surface area contributed by atoms with Gasteiger partial charge in [0.2, 0.25) is 0 Å². The Morgan fingerprint density at radius 1 is 1.10 bits per heavy atom. The Morgan fingerprint density at radius 3 is 2.70 bits per heavy atom. The number of aromatic amines is 1. The van der Waals surface area contributed by atoms with Gasteiger partial charge in [0.25, 0.3) is 5.56 Å². The van der Waals surface area contributed by atoms with Gasteiger partial charge in [-0.2, -0.15) is 0 Å². The summed E-state index contributed by atoms with van der Waals surface area (Å²) in [5.41, 5.74) is 1.77. The molecule has 0 spiro atoms. The van der Waals surface area contributed by atoms with Gasteiger partial charge in [-0.3, -0.25) is 4.79 Å². The first-order chi connectivity index (χ1) is 14.8. The fourth-order valence-corrected chi connectivity index (χ4v) is 4.71. The number of piperidine rings is 1. The van der Waals surface area contributed by atoms with Crippen molar-refractivity contribution in [2.45, 2.75) is 51.5 Å². The van der Waals surface area contributed by atoms with Crippen molar-refractivity contribution in [2.75, 3.05) is 19.7 Å². The van der Waals surface area contributed by atoms with Crippen LogP contribution in [0.25, 0.3) is 6.08 Å². The zero-order chi connectivity index (χ0) is 20.6. The third-order valence-electron chi connectivity index (χ3n) is 6.60. The number of aromatic nitrogens is 2. The number of hydrogen-bond donors (Lipinski definition) is 2. The molecule has 5 nitrogen and oxygen atoms in total. The number of nitrogens with zero attached hydrogens (tertiary/aromatic N) is 1. The van der Waals surface area contributed by atoms with Gasteiger partial charge in [0, 0.05) is 30.8 Å². The third kappa shape index (κ3) is 5.82. The third-order valence-corrected chi connectivity index (χ3v) is 6.60. The molecule has 1 aliphatic carbocycles. The monoisotopic (exact) mass is 408 g/mol. The largest absolute Gasteiger partial charge is 0.493 e. The molecule has 2 N–H and O–H groups in total. The quantitative estimate of drug-likeness (QED) is 0.739. The first-order valence-corrected chi connectivity index (χ1v) is 11.5. The number of para-hydroxylation sites is 1. The molecule has 2 aliphatic rings. The van der Waals surface area contributed by atoms with Gasteiger partial charge in [-0.05, 0) is 30.7 Å². The van der Waals surface area contributed by atoms with Gasteiger partial charge in [0.05, 0.1) is 19.7 Å². The second-order valence-electron chi connectivity index (χ2n) is 8.84. The number of allylic oxidation sites excluding steroid dienone is 1. The molecule has 0 bridgehead atoms. The van der Waals surface area contributed by atoms with Crippen LogP contribution in [0, 0.1) is 11.8 Å². The molecule has 2 aromatic rings. The lowest BCUT2D eigenvalue weighted by atomic mass is 9.90. The Labute approximate surface area is 179 Å². The Morgan fingerprint density at radius 2 is 1.90 bits per heavy atom. The van der Waals surface area contributed by atoms with Gasteiger partial charge in [0.1, 0.15) is 12.3 Å². The smallest absolute Gasteiger partial charge is 0.275 e. The number of benzene rings is 1. The summed E-state index contributed by atoms with van der Waals surface area (Å²) in [6.45, 7) is 3.71. The van der Waals surface area contributed by atoms with Crippen molar-refractivity contribution in [3.05, 3.63) is 64.3 Å². The van der Waals surface area contributed by atoms with Gasteiger partial charge in [-0.25, -0.2) is 4.98 Å². The first kappa shape index (κ1) is 20.9. The summed E-state index contributed by atoms with van der Waals surface area (Å²) >= 11 is 0. The number of rotatable bonds is 7. The summed E-state index contributed by atoms with van der Waals surface area (Å²) in [6, 6.07) is 8.40. The van der Waals surface area contributed by atoms with Gasteiger partial charge >= 0.3 is 0 Å².